The highest BCUT2D eigenvalue weighted by Gasteiger charge is 2.30. The van der Waals surface area contributed by atoms with E-state index in [1.54, 1.807) is 7.05 Å². The predicted molar refractivity (Wildman–Crippen MR) is 58.9 cm³/mol. The van der Waals surface area contributed by atoms with E-state index in [1.165, 1.54) is 18.2 Å². The average molecular weight is 254 g/mol. The molecule has 1 rings (SSSR count). The number of benzene rings is 1. The van der Waals surface area contributed by atoms with E-state index in [0.29, 0.717) is 0 Å². The number of nitrogens with one attached hydrogen (secondary N) is 1. The Labute approximate surface area is 97.4 Å². The molecule has 84 valence electrons. The molecule has 0 unspecified atom stereocenters. The molecule has 0 saturated carbocycles. The van der Waals surface area contributed by atoms with Crippen LogP contribution in [0.2, 0.25) is 10.0 Å². The first kappa shape index (κ1) is 12.7. The van der Waals surface area contributed by atoms with Gasteiger partial charge in [-0.15, -0.1) is 0 Å². The highest BCUT2D eigenvalue weighted by Crippen LogP contribution is 2.34. The summed E-state index contributed by atoms with van der Waals surface area (Å²) in [5.74, 6) is -2.88. The van der Waals surface area contributed by atoms with Gasteiger partial charge < -0.3 is 5.32 Å². The zero-order valence-electron chi connectivity index (χ0n) is 8.16. The number of alkyl halides is 2. The lowest BCUT2D eigenvalue weighted by Crippen LogP contribution is -2.20. The van der Waals surface area contributed by atoms with Crippen molar-refractivity contribution in [3.8, 4) is 0 Å². The number of hydrogen-bond donors (Lipinski definition) is 1. The zero-order valence-corrected chi connectivity index (χ0v) is 9.67. The number of hydrogen-bond acceptors (Lipinski definition) is 1. The van der Waals surface area contributed by atoms with E-state index >= 15 is 0 Å². The summed E-state index contributed by atoms with van der Waals surface area (Å²) in [5, 5.41) is 3.11. The fraction of sp³-hybridized carbons (Fsp3) is 0.400. The van der Waals surface area contributed by atoms with Gasteiger partial charge in [-0.25, -0.2) is 8.78 Å². The van der Waals surface area contributed by atoms with Crippen molar-refractivity contribution in [2.45, 2.75) is 12.3 Å². The summed E-state index contributed by atoms with van der Waals surface area (Å²) < 4.78 is 27.0. The fourth-order valence-corrected chi connectivity index (χ4v) is 1.45. The van der Waals surface area contributed by atoms with E-state index in [9.17, 15) is 8.78 Å². The van der Waals surface area contributed by atoms with Gasteiger partial charge in [-0.05, 0) is 19.2 Å². The van der Waals surface area contributed by atoms with Crippen LogP contribution in [0.4, 0.5) is 8.78 Å². The van der Waals surface area contributed by atoms with E-state index in [4.69, 9.17) is 23.2 Å². The van der Waals surface area contributed by atoms with Crippen LogP contribution < -0.4 is 5.32 Å². The standard InChI is InChI=1S/C10H11Cl2F2N/c1-15-5-4-10(13,14)7-2-3-8(11)9(12)6-7/h2-3,6,15H,4-5H2,1H3. The normalized spacial score (nSPS) is 11.8. The van der Waals surface area contributed by atoms with Gasteiger partial charge in [0.15, 0.2) is 0 Å². The molecule has 0 radical (unpaired) electrons. The topological polar surface area (TPSA) is 12.0 Å². The van der Waals surface area contributed by atoms with E-state index < -0.39 is 5.92 Å². The Balaban J connectivity index is 2.89. The second-order valence-electron chi connectivity index (χ2n) is 3.19. The second-order valence-corrected chi connectivity index (χ2v) is 4.00. The molecule has 0 heterocycles. The van der Waals surface area contributed by atoms with Gasteiger partial charge in [0, 0.05) is 18.5 Å². The molecule has 0 aliphatic rings. The lowest BCUT2D eigenvalue weighted by atomic mass is 10.1. The van der Waals surface area contributed by atoms with Crippen molar-refractivity contribution < 1.29 is 8.78 Å². The first-order valence-electron chi connectivity index (χ1n) is 4.45. The summed E-state index contributed by atoms with van der Waals surface area (Å²) in [5.41, 5.74) is -0.104. The monoisotopic (exact) mass is 253 g/mol. The van der Waals surface area contributed by atoms with Crippen LogP contribution in [0, 0.1) is 0 Å². The van der Waals surface area contributed by atoms with Gasteiger partial charge in [0.2, 0.25) is 0 Å². The van der Waals surface area contributed by atoms with Crippen LogP contribution in [-0.4, -0.2) is 13.6 Å². The Kier molecular flexibility index (Phi) is 4.32. The summed E-state index contributed by atoms with van der Waals surface area (Å²) in [6, 6.07) is 3.88. The maximum Gasteiger partial charge on any atom is 0.274 e. The predicted octanol–water partition coefficient (Wildman–Crippen LogP) is 3.69. The van der Waals surface area contributed by atoms with Crippen LogP contribution in [0.25, 0.3) is 0 Å². The van der Waals surface area contributed by atoms with Gasteiger partial charge in [0.1, 0.15) is 0 Å². The third-order valence-corrected chi connectivity index (χ3v) is 2.77. The van der Waals surface area contributed by atoms with Crippen LogP contribution in [0.5, 0.6) is 0 Å². The van der Waals surface area contributed by atoms with Crippen molar-refractivity contribution in [2.75, 3.05) is 13.6 Å². The Morgan fingerprint density at radius 3 is 2.47 bits per heavy atom. The molecular weight excluding hydrogens is 243 g/mol. The van der Waals surface area contributed by atoms with E-state index in [2.05, 4.69) is 5.32 Å². The molecule has 0 atom stereocenters. The first-order valence-corrected chi connectivity index (χ1v) is 5.21. The Morgan fingerprint density at radius 2 is 1.93 bits per heavy atom. The summed E-state index contributed by atoms with van der Waals surface area (Å²) >= 11 is 11.3. The summed E-state index contributed by atoms with van der Waals surface area (Å²) in [6.07, 6.45) is -0.262. The van der Waals surface area contributed by atoms with E-state index in [0.717, 1.165) is 0 Å². The van der Waals surface area contributed by atoms with E-state index in [-0.39, 0.29) is 28.6 Å². The molecular formula is C10H11Cl2F2N. The molecule has 1 aromatic carbocycles. The SMILES string of the molecule is CNCCC(F)(F)c1ccc(Cl)c(Cl)c1. The molecule has 0 amide bonds. The molecule has 1 aromatic rings. The van der Waals surface area contributed by atoms with E-state index in [1.807, 2.05) is 0 Å². The summed E-state index contributed by atoms with van der Waals surface area (Å²) in [6.45, 7) is 0.243. The molecule has 0 aliphatic heterocycles. The molecule has 0 fully saturated rings. The third-order valence-electron chi connectivity index (χ3n) is 2.03. The highest BCUT2D eigenvalue weighted by atomic mass is 35.5. The van der Waals surface area contributed by atoms with Gasteiger partial charge in [0.25, 0.3) is 5.92 Å². The minimum Gasteiger partial charge on any atom is -0.320 e. The zero-order chi connectivity index (χ0) is 11.5. The van der Waals surface area contributed by atoms with Crippen molar-refractivity contribution in [3.63, 3.8) is 0 Å². The molecule has 1 nitrogen and oxygen atoms in total. The quantitative estimate of drug-likeness (QED) is 0.863. The molecule has 0 spiro atoms. The lowest BCUT2D eigenvalue weighted by Gasteiger charge is -2.16. The van der Waals surface area contributed by atoms with Crippen molar-refractivity contribution in [2.24, 2.45) is 0 Å². The first-order chi connectivity index (χ1) is 6.97. The molecule has 0 bridgehead atoms. The largest absolute Gasteiger partial charge is 0.320 e. The Hall–Kier alpha value is -0.380. The molecule has 0 saturated heterocycles. The highest BCUT2D eigenvalue weighted by molar-refractivity contribution is 6.42. The van der Waals surface area contributed by atoms with Crippen LogP contribution in [0.15, 0.2) is 18.2 Å². The molecule has 0 aromatic heterocycles. The van der Waals surface area contributed by atoms with Gasteiger partial charge in [-0.2, -0.15) is 0 Å². The van der Waals surface area contributed by atoms with Crippen molar-refractivity contribution in [3.05, 3.63) is 33.8 Å². The van der Waals surface area contributed by atoms with Gasteiger partial charge in [0.05, 0.1) is 10.0 Å². The lowest BCUT2D eigenvalue weighted by molar-refractivity contribution is -0.0123. The minimum absolute atomic E-state index is 0.104. The fourth-order valence-electron chi connectivity index (χ4n) is 1.15. The van der Waals surface area contributed by atoms with Crippen molar-refractivity contribution in [1.29, 1.82) is 0 Å². The molecule has 5 heteroatoms. The maximum atomic E-state index is 13.5. The van der Waals surface area contributed by atoms with Crippen LogP contribution in [0.1, 0.15) is 12.0 Å². The van der Waals surface area contributed by atoms with Gasteiger partial charge in [-0.1, -0.05) is 29.3 Å². The molecule has 0 aliphatic carbocycles. The smallest absolute Gasteiger partial charge is 0.274 e. The summed E-state index contributed by atoms with van der Waals surface area (Å²) in [7, 11) is 1.63. The molecule has 15 heavy (non-hydrogen) atoms. The van der Waals surface area contributed by atoms with Crippen LogP contribution in [0.3, 0.4) is 0 Å². The summed E-state index contributed by atoms with van der Waals surface area (Å²) in [4.78, 5) is 0. The second kappa shape index (κ2) is 5.10. The van der Waals surface area contributed by atoms with Gasteiger partial charge in [-0.3, -0.25) is 0 Å². The Bertz CT molecular complexity index is 342. The Morgan fingerprint density at radius 1 is 1.27 bits per heavy atom. The van der Waals surface area contributed by atoms with Gasteiger partial charge >= 0.3 is 0 Å². The maximum absolute atomic E-state index is 13.5. The number of halogens is 4. The number of rotatable bonds is 4. The third kappa shape index (κ3) is 3.30. The van der Waals surface area contributed by atoms with Crippen LogP contribution >= 0.6 is 23.2 Å². The van der Waals surface area contributed by atoms with Crippen LogP contribution in [-0.2, 0) is 5.92 Å². The average Bonchev–Trinajstić information content (AvgIpc) is 2.19. The molecule has 1 N–H and O–H groups in total. The van der Waals surface area contributed by atoms with Crippen molar-refractivity contribution in [1.82, 2.24) is 5.32 Å². The minimum atomic E-state index is -2.88. The van der Waals surface area contributed by atoms with Crippen molar-refractivity contribution >= 4 is 23.2 Å².